The monoisotopic (exact) mass is 466 g/mol. The van der Waals surface area contributed by atoms with Gasteiger partial charge in [-0.1, -0.05) is 25.5 Å². The molecule has 0 bridgehead atoms. The van der Waals surface area contributed by atoms with Gasteiger partial charge >= 0.3 is 0 Å². The Hall–Kier alpha value is -1.93. The first-order valence-corrected chi connectivity index (χ1v) is 13.2. The van der Waals surface area contributed by atoms with E-state index in [-0.39, 0.29) is 12.1 Å². The summed E-state index contributed by atoms with van der Waals surface area (Å²) in [4.78, 5) is 16.0. The lowest BCUT2D eigenvalue weighted by atomic mass is 9.69. The Labute approximate surface area is 203 Å². The third-order valence-corrected chi connectivity index (χ3v) is 8.86. The first-order valence-electron chi connectivity index (χ1n) is 13.2. The fourth-order valence-corrected chi connectivity index (χ4v) is 7.08. The average Bonchev–Trinajstić information content (AvgIpc) is 3.62. The van der Waals surface area contributed by atoms with E-state index in [0.29, 0.717) is 36.1 Å². The van der Waals surface area contributed by atoms with E-state index < -0.39 is 0 Å². The van der Waals surface area contributed by atoms with Gasteiger partial charge in [-0.3, -0.25) is 16.5 Å². The van der Waals surface area contributed by atoms with Crippen LogP contribution in [0.1, 0.15) is 81.3 Å². The zero-order valence-electron chi connectivity index (χ0n) is 21.0. The first kappa shape index (κ1) is 23.8. The lowest BCUT2D eigenvalue weighted by Gasteiger charge is -2.50. The summed E-state index contributed by atoms with van der Waals surface area (Å²) in [6.07, 6.45) is 10.9. The molecule has 1 aliphatic heterocycles. The summed E-state index contributed by atoms with van der Waals surface area (Å²) < 4.78 is 2.24. The summed E-state index contributed by atoms with van der Waals surface area (Å²) in [5.74, 6) is 14.0. The Bertz CT molecular complexity index is 1030. The lowest BCUT2D eigenvalue weighted by molar-refractivity contribution is -0.140. The second kappa shape index (κ2) is 9.61. The predicted molar refractivity (Wildman–Crippen MR) is 137 cm³/mol. The van der Waals surface area contributed by atoms with Gasteiger partial charge in [0.25, 0.3) is 0 Å². The van der Waals surface area contributed by atoms with Gasteiger partial charge in [0, 0.05) is 50.2 Å². The van der Waals surface area contributed by atoms with Crippen LogP contribution in [0.2, 0.25) is 0 Å². The van der Waals surface area contributed by atoms with Gasteiger partial charge in [0.2, 0.25) is 5.91 Å². The van der Waals surface area contributed by atoms with Gasteiger partial charge < -0.3 is 9.47 Å². The number of amides is 1. The third-order valence-electron chi connectivity index (χ3n) is 8.86. The molecular formula is C27H42N6O. The van der Waals surface area contributed by atoms with Crippen molar-refractivity contribution < 1.29 is 4.79 Å². The SMILES string of the molecule is CC(CC(=O)N1CCCC2C(C(NN)N(C)N)CCCC21)c1cn(C)c2cccc(C3CC3)c12. The quantitative estimate of drug-likeness (QED) is 0.330. The molecule has 3 aliphatic rings. The summed E-state index contributed by atoms with van der Waals surface area (Å²) >= 11 is 0. The van der Waals surface area contributed by atoms with E-state index in [1.165, 1.54) is 34.9 Å². The summed E-state index contributed by atoms with van der Waals surface area (Å²) in [6, 6.07) is 7.00. The summed E-state index contributed by atoms with van der Waals surface area (Å²) in [5.41, 5.74) is 7.04. The number of nitrogens with one attached hydrogen (secondary N) is 1. The number of aromatic nitrogens is 1. The largest absolute Gasteiger partial charge is 0.350 e. The molecule has 5 unspecified atom stereocenters. The molecule has 2 heterocycles. The molecule has 0 radical (unpaired) electrons. The van der Waals surface area contributed by atoms with Crippen molar-refractivity contribution in [1.82, 2.24) is 19.9 Å². The molecule has 2 aromatic rings. The van der Waals surface area contributed by atoms with Crippen LogP contribution in [0, 0.1) is 11.8 Å². The second-order valence-corrected chi connectivity index (χ2v) is 11.1. The maximum atomic E-state index is 13.7. The van der Waals surface area contributed by atoms with Gasteiger partial charge in [0.1, 0.15) is 0 Å². The second-order valence-electron chi connectivity index (χ2n) is 11.1. The van der Waals surface area contributed by atoms with Crippen molar-refractivity contribution in [3.8, 4) is 0 Å². The molecule has 3 fully saturated rings. The van der Waals surface area contributed by atoms with Gasteiger partial charge in [-0.2, -0.15) is 0 Å². The van der Waals surface area contributed by atoms with Gasteiger partial charge in [0.15, 0.2) is 0 Å². The van der Waals surface area contributed by atoms with E-state index in [2.05, 4.69) is 53.3 Å². The van der Waals surface area contributed by atoms with Crippen LogP contribution in [0.4, 0.5) is 0 Å². The van der Waals surface area contributed by atoms with Crippen molar-refractivity contribution in [2.24, 2.45) is 30.6 Å². The minimum Gasteiger partial charge on any atom is -0.350 e. The Morgan fingerprint density at radius 3 is 2.71 bits per heavy atom. The standard InChI is InChI=1S/C27H42N6O/c1-17(22-16-31(2)24-11-4-7-19(26(22)24)18-12-13-18)15-25(34)33-14-6-9-20-21(8-5-10-23(20)33)27(30-28)32(3)29/h4,7,11,16-18,20-21,23,27,30H,5-6,8-10,12-15,28-29H2,1-3H3. The van der Waals surface area contributed by atoms with Crippen LogP contribution in [0.25, 0.3) is 10.9 Å². The molecule has 7 nitrogen and oxygen atoms in total. The molecule has 1 saturated heterocycles. The van der Waals surface area contributed by atoms with Gasteiger partial charge in [-0.25, -0.2) is 10.4 Å². The highest BCUT2D eigenvalue weighted by Crippen LogP contribution is 2.46. The highest BCUT2D eigenvalue weighted by Gasteiger charge is 2.44. The molecule has 1 aromatic heterocycles. The van der Waals surface area contributed by atoms with Crippen LogP contribution in [0.3, 0.4) is 0 Å². The Balaban J connectivity index is 1.35. The zero-order valence-corrected chi connectivity index (χ0v) is 21.0. The number of rotatable bonds is 7. The number of likely N-dealkylation sites (tertiary alicyclic amines) is 1. The number of benzene rings is 1. The van der Waals surface area contributed by atoms with E-state index in [1.807, 2.05) is 7.05 Å². The molecule has 5 N–H and O–H groups in total. The first-order chi connectivity index (χ1) is 16.4. The number of fused-ring (bicyclic) bond motifs is 2. The molecule has 2 saturated carbocycles. The maximum Gasteiger partial charge on any atom is 0.223 e. The summed E-state index contributed by atoms with van der Waals surface area (Å²) in [6.45, 7) is 3.11. The lowest BCUT2D eigenvalue weighted by Crippen LogP contribution is -2.61. The van der Waals surface area contributed by atoms with Crippen molar-refractivity contribution in [1.29, 1.82) is 0 Å². The van der Waals surface area contributed by atoms with Gasteiger partial charge in [-0.15, -0.1) is 0 Å². The number of hydrogen-bond acceptors (Lipinski definition) is 5. The van der Waals surface area contributed by atoms with Crippen molar-refractivity contribution in [3.05, 3.63) is 35.5 Å². The Kier molecular flexibility index (Phi) is 6.73. The summed E-state index contributed by atoms with van der Waals surface area (Å²) in [5, 5.41) is 3.10. The number of carbonyl (C=O) groups is 1. The highest BCUT2D eigenvalue weighted by atomic mass is 16.2. The summed E-state index contributed by atoms with van der Waals surface area (Å²) in [7, 11) is 4.01. The number of hydrogen-bond donors (Lipinski definition) is 3. The smallest absolute Gasteiger partial charge is 0.223 e. The van der Waals surface area contributed by atoms with Crippen molar-refractivity contribution in [2.45, 2.75) is 82.3 Å². The van der Waals surface area contributed by atoms with E-state index in [4.69, 9.17) is 11.7 Å². The molecule has 1 aromatic carbocycles. The van der Waals surface area contributed by atoms with E-state index >= 15 is 0 Å². The van der Waals surface area contributed by atoms with Crippen LogP contribution in [0.15, 0.2) is 24.4 Å². The van der Waals surface area contributed by atoms with E-state index in [0.717, 1.165) is 38.6 Å². The molecule has 1 amide bonds. The van der Waals surface area contributed by atoms with Crippen LogP contribution >= 0.6 is 0 Å². The number of nitrogens with two attached hydrogens (primary N) is 2. The van der Waals surface area contributed by atoms with E-state index in [1.54, 1.807) is 5.01 Å². The number of nitrogens with zero attached hydrogens (tertiary/aromatic N) is 3. The average molecular weight is 467 g/mol. The molecule has 0 spiro atoms. The molecule has 5 atom stereocenters. The predicted octanol–water partition coefficient (Wildman–Crippen LogP) is 3.55. The van der Waals surface area contributed by atoms with Crippen molar-refractivity contribution in [3.63, 3.8) is 0 Å². The topological polar surface area (TPSA) is 92.6 Å². The number of carbonyl (C=O) groups excluding carboxylic acids is 1. The molecule has 34 heavy (non-hydrogen) atoms. The number of piperidine rings is 1. The fourth-order valence-electron chi connectivity index (χ4n) is 7.08. The zero-order chi connectivity index (χ0) is 24.0. The van der Waals surface area contributed by atoms with Crippen LogP contribution < -0.4 is 17.1 Å². The minimum atomic E-state index is -0.0571. The number of aryl methyl sites for hydroxylation is 1. The van der Waals surface area contributed by atoms with Crippen molar-refractivity contribution in [2.75, 3.05) is 13.6 Å². The fraction of sp³-hybridized carbons (Fsp3) is 0.667. The Morgan fingerprint density at radius 2 is 2.00 bits per heavy atom. The van der Waals surface area contributed by atoms with Crippen LogP contribution in [0.5, 0.6) is 0 Å². The van der Waals surface area contributed by atoms with Gasteiger partial charge in [0.05, 0.1) is 6.17 Å². The normalized spacial score (nSPS) is 27.1. The van der Waals surface area contributed by atoms with Crippen LogP contribution in [-0.4, -0.2) is 46.2 Å². The molecular weight excluding hydrogens is 424 g/mol. The van der Waals surface area contributed by atoms with Gasteiger partial charge in [-0.05, 0) is 79.4 Å². The third kappa shape index (κ3) is 4.28. The molecule has 186 valence electrons. The minimum absolute atomic E-state index is 0.0571. The Morgan fingerprint density at radius 1 is 1.21 bits per heavy atom. The van der Waals surface area contributed by atoms with Crippen molar-refractivity contribution >= 4 is 16.8 Å². The molecule has 7 heteroatoms. The van der Waals surface area contributed by atoms with E-state index in [9.17, 15) is 4.79 Å². The van der Waals surface area contributed by atoms with Crippen LogP contribution in [-0.2, 0) is 11.8 Å². The highest BCUT2D eigenvalue weighted by molar-refractivity contribution is 5.89. The molecule has 5 rings (SSSR count). The number of hydrazine groups is 2. The molecule has 2 aliphatic carbocycles. The maximum absolute atomic E-state index is 13.7.